The van der Waals surface area contributed by atoms with E-state index in [1.807, 2.05) is 26.8 Å². The number of aromatic nitrogens is 1. The average Bonchev–Trinajstić information content (AvgIpc) is 2.26. The standard InChI is InChI=1S/C13H18N2O3/c1-13(2,3)18-12(17)15-7-9-5-4-6-14-11(9)10(16)8-15/h4-6,10,16H,7-8H2,1-3H3. The zero-order valence-corrected chi connectivity index (χ0v) is 10.9. The monoisotopic (exact) mass is 250 g/mol. The van der Waals surface area contributed by atoms with Crippen molar-refractivity contribution in [3.05, 3.63) is 29.6 Å². The van der Waals surface area contributed by atoms with Crippen LogP contribution in [-0.2, 0) is 11.3 Å². The topological polar surface area (TPSA) is 62.7 Å². The fourth-order valence-corrected chi connectivity index (χ4v) is 1.92. The van der Waals surface area contributed by atoms with Crippen LogP contribution in [0.15, 0.2) is 18.3 Å². The smallest absolute Gasteiger partial charge is 0.410 e. The summed E-state index contributed by atoms with van der Waals surface area (Å²) in [7, 11) is 0. The maximum atomic E-state index is 11.9. The molecule has 1 aromatic heterocycles. The van der Waals surface area contributed by atoms with Crippen LogP contribution in [-0.4, -0.2) is 33.2 Å². The number of amides is 1. The van der Waals surface area contributed by atoms with Gasteiger partial charge < -0.3 is 14.7 Å². The van der Waals surface area contributed by atoms with Crippen LogP contribution in [0.25, 0.3) is 0 Å². The van der Waals surface area contributed by atoms with Crippen LogP contribution in [0.4, 0.5) is 4.79 Å². The number of hydrogen-bond acceptors (Lipinski definition) is 4. The Morgan fingerprint density at radius 2 is 2.28 bits per heavy atom. The third-order valence-corrected chi connectivity index (χ3v) is 2.65. The van der Waals surface area contributed by atoms with Crippen molar-refractivity contribution in [2.75, 3.05) is 6.54 Å². The molecule has 0 saturated carbocycles. The van der Waals surface area contributed by atoms with Crippen molar-refractivity contribution in [2.45, 2.75) is 39.0 Å². The van der Waals surface area contributed by atoms with Gasteiger partial charge in [0.1, 0.15) is 11.7 Å². The van der Waals surface area contributed by atoms with Crippen LogP contribution in [0.2, 0.25) is 0 Å². The highest BCUT2D eigenvalue weighted by atomic mass is 16.6. The number of nitrogens with zero attached hydrogens (tertiary/aromatic N) is 2. The molecule has 5 nitrogen and oxygen atoms in total. The molecule has 0 spiro atoms. The van der Waals surface area contributed by atoms with Gasteiger partial charge in [-0.15, -0.1) is 0 Å². The van der Waals surface area contributed by atoms with Gasteiger partial charge in [-0.25, -0.2) is 4.79 Å². The van der Waals surface area contributed by atoms with E-state index in [0.29, 0.717) is 12.2 Å². The number of aliphatic hydroxyl groups is 1. The van der Waals surface area contributed by atoms with Crippen LogP contribution >= 0.6 is 0 Å². The predicted octanol–water partition coefficient (Wildman–Crippen LogP) is 1.87. The first-order chi connectivity index (χ1) is 8.37. The number of ether oxygens (including phenoxy) is 1. The summed E-state index contributed by atoms with van der Waals surface area (Å²) < 4.78 is 5.30. The van der Waals surface area contributed by atoms with Crippen LogP contribution in [0.5, 0.6) is 0 Å². The lowest BCUT2D eigenvalue weighted by atomic mass is 10.0. The van der Waals surface area contributed by atoms with E-state index < -0.39 is 17.8 Å². The second kappa shape index (κ2) is 4.57. The summed E-state index contributed by atoms with van der Waals surface area (Å²) in [4.78, 5) is 17.6. The second-order valence-electron chi connectivity index (χ2n) is 5.42. The van der Waals surface area contributed by atoms with Crippen molar-refractivity contribution >= 4 is 6.09 Å². The number of rotatable bonds is 0. The van der Waals surface area contributed by atoms with Gasteiger partial charge in [-0.05, 0) is 32.4 Å². The van der Waals surface area contributed by atoms with Gasteiger partial charge in [-0.3, -0.25) is 4.98 Å². The minimum Gasteiger partial charge on any atom is -0.444 e. The molecule has 1 aromatic rings. The molecular formula is C13H18N2O3. The molecule has 2 heterocycles. The van der Waals surface area contributed by atoms with Crippen LogP contribution < -0.4 is 0 Å². The van der Waals surface area contributed by atoms with Crippen molar-refractivity contribution in [2.24, 2.45) is 0 Å². The average molecular weight is 250 g/mol. The summed E-state index contributed by atoms with van der Waals surface area (Å²) in [5.41, 5.74) is 0.983. The molecule has 1 atom stereocenters. The lowest BCUT2D eigenvalue weighted by Crippen LogP contribution is -2.41. The van der Waals surface area contributed by atoms with Gasteiger partial charge in [-0.2, -0.15) is 0 Å². The van der Waals surface area contributed by atoms with Crippen molar-refractivity contribution in [3.8, 4) is 0 Å². The van der Waals surface area contributed by atoms with Crippen molar-refractivity contribution < 1.29 is 14.6 Å². The van der Waals surface area contributed by atoms with Gasteiger partial charge >= 0.3 is 6.09 Å². The molecule has 1 aliphatic heterocycles. The first kappa shape index (κ1) is 12.8. The molecular weight excluding hydrogens is 232 g/mol. The molecule has 18 heavy (non-hydrogen) atoms. The lowest BCUT2D eigenvalue weighted by Gasteiger charge is -2.32. The molecule has 0 radical (unpaired) electrons. The number of aliphatic hydroxyl groups excluding tert-OH is 1. The highest BCUT2D eigenvalue weighted by Gasteiger charge is 2.30. The van der Waals surface area contributed by atoms with Gasteiger partial charge in [0, 0.05) is 6.20 Å². The van der Waals surface area contributed by atoms with E-state index in [-0.39, 0.29) is 6.54 Å². The molecule has 5 heteroatoms. The van der Waals surface area contributed by atoms with Crippen LogP contribution in [0.3, 0.4) is 0 Å². The fourth-order valence-electron chi connectivity index (χ4n) is 1.92. The van der Waals surface area contributed by atoms with E-state index in [0.717, 1.165) is 5.56 Å². The normalized spacial score (nSPS) is 19.3. The minimum absolute atomic E-state index is 0.221. The van der Waals surface area contributed by atoms with Crippen LogP contribution in [0, 0.1) is 0 Å². The molecule has 1 amide bonds. The number of fused-ring (bicyclic) bond motifs is 1. The zero-order chi connectivity index (χ0) is 13.3. The van der Waals surface area contributed by atoms with E-state index in [1.54, 1.807) is 12.3 Å². The lowest BCUT2D eigenvalue weighted by molar-refractivity contribution is 0.00756. The minimum atomic E-state index is -0.748. The van der Waals surface area contributed by atoms with Crippen LogP contribution in [0.1, 0.15) is 38.1 Å². The Morgan fingerprint density at radius 3 is 2.94 bits per heavy atom. The third kappa shape index (κ3) is 2.79. The zero-order valence-electron chi connectivity index (χ0n) is 10.9. The fraction of sp³-hybridized carbons (Fsp3) is 0.538. The SMILES string of the molecule is CC(C)(C)OC(=O)N1Cc2cccnc2C(O)C1. The quantitative estimate of drug-likeness (QED) is 0.763. The number of carbonyl (C=O) groups excluding carboxylic acids is 1. The number of pyridine rings is 1. The summed E-state index contributed by atoms with van der Waals surface area (Å²) in [6, 6.07) is 3.66. The molecule has 0 fully saturated rings. The highest BCUT2D eigenvalue weighted by molar-refractivity contribution is 5.68. The maximum absolute atomic E-state index is 11.9. The Morgan fingerprint density at radius 1 is 1.56 bits per heavy atom. The molecule has 0 aliphatic carbocycles. The van der Waals surface area contributed by atoms with Gasteiger partial charge in [0.2, 0.25) is 0 Å². The Balaban J connectivity index is 2.13. The molecule has 98 valence electrons. The predicted molar refractivity (Wildman–Crippen MR) is 65.8 cm³/mol. The first-order valence-corrected chi connectivity index (χ1v) is 5.96. The Hall–Kier alpha value is -1.62. The van der Waals surface area contributed by atoms with Gasteiger partial charge in [0.25, 0.3) is 0 Å². The Bertz CT molecular complexity index is 454. The number of hydrogen-bond donors (Lipinski definition) is 1. The summed E-state index contributed by atoms with van der Waals surface area (Å²) >= 11 is 0. The first-order valence-electron chi connectivity index (χ1n) is 5.96. The summed E-state index contributed by atoms with van der Waals surface area (Å²) in [5.74, 6) is 0. The third-order valence-electron chi connectivity index (χ3n) is 2.65. The van der Waals surface area contributed by atoms with Gasteiger partial charge in [0.05, 0.1) is 18.8 Å². The summed E-state index contributed by atoms with van der Waals surface area (Å²) in [5, 5.41) is 9.97. The van der Waals surface area contributed by atoms with Crippen molar-refractivity contribution in [3.63, 3.8) is 0 Å². The molecule has 0 bridgehead atoms. The summed E-state index contributed by atoms with van der Waals surface area (Å²) in [6.45, 7) is 6.11. The highest BCUT2D eigenvalue weighted by Crippen LogP contribution is 2.25. The van der Waals surface area contributed by atoms with E-state index in [4.69, 9.17) is 4.74 Å². The molecule has 2 rings (SSSR count). The molecule has 1 N–H and O–H groups in total. The Labute approximate surface area is 106 Å². The Kier molecular flexibility index (Phi) is 3.26. The second-order valence-corrected chi connectivity index (χ2v) is 5.42. The van der Waals surface area contributed by atoms with Gasteiger partial charge in [0.15, 0.2) is 0 Å². The van der Waals surface area contributed by atoms with E-state index >= 15 is 0 Å². The van der Waals surface area contributed by atoms with Gasteiger partial charge in [-0.1, -0.05) is 6.07 Å². The van der Waals surface area contributed by atoms with E-state index in [2.05, 4.69) is 4.98 Å². The van der Waals surface area contributed by atoms with E-state index in [1.165, 1.54) is 4.90 Å². The maximum Gasteiger partial charge on any atom is 0.410 e. The molecule has 1 aliphatic rings. The molecule has 1 unspecified atom stereocenters. The molecule has 0 saturated heterocycles. The van der Waals surface area contributed by atoms with E-state index in [9.17, 15) is 9.90 Å². The molecule has 0 aromatic carbocycles. The number of carbonyl (C=O) groups is 1. The number of β-amino-alcohol motifs (C(OH)–C–C–N with tert-alkyl or cyclic N) is 1. The summed E-state index contributed by atoms with van der Waals surface area (Å²) in [6.07, 6.45) is 0.490. The van der Waals surface area contributed by atoms with Crippen molar-refractivity contribution in [1.82, 2.24) is 9.88 Å². The largest absolute Gasteiger partial charge is 0.444 e. The van der Waals surface area contributed by atoms with Crippen molar-refractivity contribution in [1.29, 1.82) is 0 Å².